The van der Waals surface area contributed by atoms with Crippen LogP contribution in [0.4, 0.5) is 21.5 Å². The highest BCUT2D eigenvalue weighted by Crippen LogP contribution is 2.30. The van der Waals surface area contributed by atoms with E-state index < -0.39 is 16.8 Å². The number of aryl methyl sites for hydroxylation is 1. The predicted molar refractivity (Wildman–Crippen MR) is 117 cm³/mol. The first-order valence-corrected chi connectivity index (χ1v) is 10.3. The molecule has 0 aliphatic rings. The van der Waals surface area contributed by atoms with Crippen LogP contribution in [0.15, 0.2) is 18.2 Å². The van der Waals surface area contributed by atoms with E-state index in [0.717, 1.165) is 24.2 Å². The Morgan fingerprint density at radius 2 is 1.94 bits per heavy atom. The van der Waals surface area contributed by atoms with Crippen molar-refractivity contribution in [2.45, 2.75) is 39.5 Å². The van der Waals surface area contributed by atoms with Crippen molar-refractivity contribution in [2.75, 3.05) is 22.5 Å². The largest absolute Gasteiger partial charge is 0.481 e. The first kappa shape index (κ1) is 23.7. The number of carboxylic acid groups (broad SMARTS) is 1. The Kier molecular flexibility index (Phi) is 8.43. The van der Waals surface area contributed by atoms with Crippen molar-refractivity contribution in [1.82, 2.24) is 4.98 Å². The minimum atomic E-state index is -0.815. The number of hydrogen-bond donors (Lipinski definition) is 4. The normalized spacial score (nSPS) is 10.4. The summed E-state index contributed by atoms with van der Waals surface area (Å²) in [5, 5.41) is 27.8. The van der Waals surface area contributed by atoms with Gasteiger partial charge >= 0.3 is 11.0 Å². The highest BCUT2D eigenvalue weighted by Gasteiger charge is 2.20. The maximum Gasteiger partial charge on any atom is 0.348 e. The van der Waals surface area contributed by atoms with Gasteiger partial charge in [0.1, 0.15) is 5.69 Å². The SMILES string of the molecule is CC(=O)Nc1cc(NCCCCCC(=O)O)ccc1C(=O)Nc1nc(C)c([N+](=O)[O-])s1. The quantitative estimate of drug-likeness (QED) is 0.229. The molecule has 0 saturated carbocycles. The topological polar surface area (TPSA) is 164 Å². The minimum Gasteiger partial charge on any atom is -0.481 e. The average molecular weight is 449 g/mol. The molecule has 0 bridgehead atoms. The number of carboxylic acids is 1. The van der Waals surface area contributed by atoms with E-state index in [1.54, 1.807) is 12.1 Å². The summed E-state index contributed by atoms with van der Waals surface area (Å²) < 4.78 is 0. The van der Waals surface area contributed by atoms with Gasteiger partial charge in [-0.3, -0.25) is 29.8 Å². The van der Waals surface area contributed by atoms with Crippen LogP contribution in [0.2, 0.25) is 0 Å². The fraction of sp³-hybridized carbons (Fsp3) is 0.368. The van der Waals surface area contributed by atoms with Gasteiger partial charge in [0.2, 0.25) is 5.91 Å². The van der Waals surface area contributed by atoms with E-state index in [2.05, 4.69) is 20.9 Å². The molecular weight excluding hydrogens is 426 g/mol. The number of nitrogens with zero attached hydrogens (tertiary/aromatic N) is 2. The molecule has 4 N–H and O–H groups in total. The van der Waals surface area contributed by atoms with Crippen molar-refractivity contribution in [3.63, 3.8) is 0 Å². The Labute approximate surface area is 182 Å². The summed E-state index contributed by atoms with van der Waals surface area (Å²) in [4.78, 5) is 49.1. The summed E-state index contributed by atoms with van der Waals surface area (Å²) >= 11 is 0.754. The molecule has 0 aliphatic carbocycles. The Hall–Kier alpha value is -3.54. The maximum absolute atomic E-state index is 12.7. The molecule has 0 aliphatic heterocycles. The summed E-state index contributed by atoms with van der Waals surface area (Å²) in [5.41, 5.74) is 1.34. The van der Waals surface area contributed by atoms with Crippen LogP contribution in [0.3, 0.4) is 0 Å². The second-order valence-corrected chi connectivity index (χ2v) is 7.67. The second kappa shape index (κ2) is 11.0. The van der Waals surface area contributed by atoms with Gasteiger partial charge in [0, 0.05) is 25.6 Å². The molecule has 166 valence electrons. The van der Waals surface area contributed by atoms with Gasteiger partial charge < -0.3 is 15.7 Å². The molecular formula is C19H23N5O6S. The Morgan fingerprint density at radius 1 is 1.19 bits per heavy atom. The van der Waals surface area contributed by atoms with Crippen LogP contribution < -0.4 is 16.0 Å². The molecule has 11 nitrogen and oxygen atoms in total. The van der Waals surface area contributed by atoms with Gasteiger partial charge in [-0.15, -0.1) is 0 Å². The lowest BCUT2D eigenvalue weighted by atomic mass is 10.1. The number of amides is 2. The van der Waals surface area contributed by atoms with Gasteiger partial charge in [-0.25, -0.2) is 4.98 Å². The van der Waals surface area contributed by atoms with Crippen LogP contribution in [0.5, 0.6) is 0 Å². The van der Waals surface area contributed by atoms with E-state index in [1.807, 2.05) is 0 Å². The molecule has 2 aromatic rings. The molecule has 0 spiro atoms. The fourth-order valence-corrected chi connectivity index (χ4v) is 3.51. The lowest BCUT2D eigenvalue weighted by Gasteiger charge is -2.13. The van der Waals surface area contributed by atoms with E-state index in [-0.39, 0.29) is 39.4 Å². The molecule has 0 unspecified atom stereocenters. The van der Waals surface area contributed by atoms with Crippen LogP contribution in [0.25, 0.3) is 0 Å². The Balaban J connectivity index is 2.07. The smallest absolute Gasteiger partial charge is 0.348 e. The third kappa shape index (κ3) is 7.33. The Morgan fingerprint density at radius 3 is 2.55 bits per heavy atom. The van der Waals surface area contributed by atoms with Crippen molar-refractivity contribution in [3.8, 4) is 0 Å². The summed E-state index contributed by atoms with van der Waals surface area (Å²) in [6.45, 7) is 3.40. The van der Waals surface area contributed by atoms with Gasteiger partial charge in [0.15, 0.2) is 5.13 Å². The van der Waals surface area contributed by atoms with E-state index in [0.29, 0.717) is 18.7 Å². The number of unbranched alkanes of at least 4 members (excludes halogenated alkanes) is 2. The molecule has 31 heavy (non-hydrogen) atoms. The van der Waals surface area contributed by atoms with Crippen LogP contribution in [-0.2, 0) is 9.59 Å². The molecule has 0 fully saturated rings. The van der Waals surface area contributed by atoms with Gasteiger partial charge in [0.25, 0.3) is 5.91 Å². The number of nitro groups is 1. The van der Waals surface area contributed by atoms with Crippen molar-refractivity contribution >= 4 is 50.6 Å². The molecule has 1 aromatic carbocycles. The Bertz CT molecular complexity index is 990. The number of hydrogen-bond acceptors (Lipinski definition) is 8. The van der Waals surface area contributed by atoms with Crippen molar-refractivity contribution in [3.05, 3.63) is 39.6 Å². The van der Waals surface area contributed by atoms with Gasteiger partial charge in [-0.05, 0) is 49.3 Å². The standard InChI is InChI=1S/C19H23N5O6S/c1-11-18(24(29)30)31-19(21-11)23-17(28)14-8-7-13(10-15(14)22-12(2)25)20-9-5-3-4-6-16(26)27/h7-8,10,20H,3-6,9H2,1-2H3,(H,22,25)(H,26,27)(H,21,23,28). The van der Waals surface area contributed by atoms with Crippen LogP contribution in [-0.4, -0.2) is 39.3 Å². The maximum atomic E-state index is 12.7. The summed E-state index contributed by atoms with van der Waals surface area (Å²) in [6, 6.07) is 4.82. The first-order valence-electron chi connectivity index (χ1n) is 9.48. The molecule has 1 heterocycles. The molecule has 12 heteroatoms. The predicted octanol–water partition coefficient (Wildman–Crippen LogP) is 3.63. The summed E-state index contributed by atoms with van der Waals surface area (Å²) in [5.74, 6) is -1.74. The number of carbonyl (C=O) groups is 3. The van der Waals surface area contributed by atoms with Crippen molar-refractivity contribution in [1.29, 1.82) is 0 Å². The van der Waals surface area contributed by atoms with Gasteiger partial charge in [0.05, 0.1) is 16.2 Å². The summed E-state index contributed by atoms with van der Waals surface area (Å²) in [6.07, 6.45) is 2.27. The zero-order chi connectivity index (χ0) is 23.0. The lowest BCUT2D eigenvalue weighted by Crippen LogP contribution is -2.17. The number of carbonyl (C=O) groups excluding carboxylic acids is 2. The van der Waals surface area contributed by atoms with E-state index in [4.69, 9.17) is 5.11 Å². The van der Waals surface area contributed by atoms with Crippen molar-refractivity contribution < 1.29 is 24.4 Å². The molecule has 2 rings (SSSR count). The fourth-order valence-electron chi connectivity index (χ4n) is 2.73. The number of aliphatic carboxylic acids is 1. The third-order valence-corrected chi connectivity index (χ3v) is 5.15. The molecule has 1 aromatic heterocycles. The average Bonchev–Trinajstić information content (AvgIpc) is 3.04. The molecule has 0 radical (unpaired) electrons. The highest BCUT2D eigenvalue weighted by atomic mass is 32.1. The highest BCUT2D eigenvalue weighted by molar-refractivity contribution is 7.19. The summed E-state index contributed by atoms with van der Waals surface area (Å²) in [7, 11) is 0. The number of nitrogens with one attached hydrogen (secondary N) is 3. The van der Waals surface area contributed by atoms with Gasteiger partial charge in [-0.2, -0.15) is 0 Å². The zero-order valence-electron chi connectivity index (χ0n) is 17.1. The van der Waals surface area contributed by atoms with Crippen LogP contribution in [0, 0.1) is 17.0 Å². The molecule has 2 amide bonds. The third-order valence-electron chi connectivity index (χ3n) is 4.13. The second-order valence-electron chi connectivity index (χ2n) is 6.69. The monoisotopic (exact) mass is 449 g/mol. The zero-order valence-corrected chi connectivity index (χ0v) is 17.9. The number of thiazole rings is 1. The van der Waals surface area contributed by atoms with E-state index in [1.165, 1.54) is 19.9 Å². The number of benzene rings is 1. The minimum absolute atomic E-state index is 0.0894. The van der Waals surface area contributed by atoms with Crippen LogP contribution >= 0.6 is 11.3 Å². The molecule has 0 saturated heterocycles. The number of aromatic nitrogens is 1. The molecule has 0 atom stereocenters. The number of rotatable bonds is 11. The lowest BCUT2D eigenvalue weighted by molar-refractivity contribution is -0.380. The first-order chi connectivity index (χ1) is 14.7. The van der Waals surface area contributed by atoms with Crippen molar-refractivity contribution in [2.24, 2.45) is 0 Å². The van der Waals surface area contributed by atoms with Crippen LogP contribution in [0.1, 0.15) is 48.7 Å². The van der Waals surface area contributed by atoms with Gasteiger partial charge in [-0.1, -0.05) is 6.42 Å². The van der Waals surface area contributed by atoms with E-state index >= 15 is 0 Å². The van der Waals surface area contributed by atoms with E-state index in [9.17, 15) is 24.5 Å². The number of anilines is 3.